The lowest BCUT2D eigenvalue weighted by Crippen LogP contribution is -2.17. The van der Waals surface area contributed by atoms with Crippen molar-refractivity contribution in [2.24, 2.45) is 5.10 Å². The summed E-state index contributed by atoms with van der Waals surface area (Å²) >= 11 is 0. The highest BCUT2D eigenvalue weighted by molar-refractivity contribution is 6.04. The van der Waals surface area contributed by atoms with Crippen LogP contribution in [0.25, 0.3) is 32.6 Å². The molecule has 0 aliphatic heterocycles. The van der Waals surface area contributed by atoms with Gasteiger partial charge in [0, 0.05) is 44.3 Å². The molecule has 0 fully saturated rings. The SMILES string of the molecule is COc1ccc(/C=N/NC(=O)c2cc3cc(Nc4cc(C)nc5c(OC)cccc45)ccc3[nH]2)c2ccccc12. The lowest BCUT2D eigenvalue weighted by molar-refractivity contribution is 0.0951. The minimum Gasteiger partial charge on any atom is -0.496 e. The first kappa shape index (κ1) is 24.9. The van der Waals surface area contributed by atoms with E-state index in [1.165, 1.54) is 0 Å². The highest BCUT2D eigenvalue weighted by Gasteiger charge is 2.12. The molecule has 3 N–H and O–H groups in total. The minimum atomic E-state index is -0.331. The number of aromatic nitrogens is 2. The number of para-hydroxylation sites is 1. The average molecular weight is 530 g/mol. The molecule has 0 spiro atoms. The predicted octanol–water partition coefficient (Wildman–Crippen LogP) is 6.70. The second kappa shape index (κ2) is 10.4. The molecule has 8 heteroatoms. The van der Waals surface area contributed by atoms with Crippen LogP contribution in [-0.2, 0) is 0 Å². The summed E-state index contributed by atoms with van der Waals surface area (Å²) in [5.74, 6) is 1.18. The number of carbonyl (C=O) groups excluding carboxylic acids is 1. The Labute approximate surface area is 230 Å². The second-order valence-electron chi connectivity index (χ2n) is 9.38. The Morgan fingerprint density at radius 3 is 2.50 bits per heavy atom. The van der Waals surface area contributed by atoms with Gasteiger partial charge in [-0.15, -0.1) is 0 Å². The molecule has 0 saturated carbocycles. The first-order valence-electron chi connectivity index (χ1n) is 12.8. The first-order valence-corrected chi connectivity index (χ1v) is 12.8. The molecule has 6 rings (SSSR count). The number of amides is 1. The molecule has 4 aromatic carbocycles. The third kappa shape index (κ3) is 4.67. The maximum absolute atomic E-state index is 12.9. The van der Waals surface area contributed by atoms with Crippen molar-refractivity contribution in [3.8, 4) is 11.5 Å². The van der Waals surface area contributed by atoms with Crippen LogP contribution in [0.4, 0.5) is 11.4 Å². The summed E-state index contributed by atoms with van der Waals surface area (Å²) in [6, 6.07) is 27.3. The van der Waals surface area contributed by atoms with Crippen molar-refractivity contribution in [1.82, 2.24) is 15.4 Å². The van der Waals surface area contributed by atoms with Crippen molar-refractivity contribution in [3.05, 3.63) is 102 Å². The van der Waals surface area contributed by atoms with Crippen LogP contribution in [0.2, 0.25) is 0 Å². The number of hydrazone groups is 1. The molecule has 0 radical (unpaired) electrons. The summed E-state index contributed by atoms with van der Waals surface area (Å²) < 4.78 is 11.0. The van der Waals surface area contributed by atoms with Gasteiger partial charge in [-0.05, 0) is 60.8 Å². The van der Waals surface area contributed by atoms with Crippen LogP contribution in [0.3, 0.4) is 0 Å². The van der Waals surface area contributed by atoms with E-state index in [0.29, 0.717) is 5.69 Å². The van der Waals surface area contributed by atoms with Gasteiger partial charge in [0.25, 0.3) is 5.91 Å². The van der Waals surface area contributed by atoms with E-state index in [9.17, 15) is 4.79 Å². The van der Waals surface area contributed by atoms with Gasteiger partial charge in [0.15, 0.2) is 0 Å². The van der Waals surface area contributed by atoms with E-state index in [4.69, 9.17) is 9.47 Å². The van der Waals surface area contributed by atoms with E-state index >= 15 is 0 Å². The molecule has 198 valence electrons. The van der Waals surface area contributed by atoms with Gasteiger partial charge in [0.1, 0.15) is 22.7 Å². The zero-order valence-electron chi connectivity index (χ0n) is 22.3. The normalized spacial score (nSPS) is 11.4. The monoisotopic (exact) mass is 529 g/mol. The lowest BCUT2D eigenvalue weighted by Gasteiger charge is -2.13. The second-order valence-corrected chi connectivity index (χ2v) is 9.38. The molecule has 1 amide bonds. The van der Waals surface area contributed by atoms with E-state index in [-0.39, 0.29) is 5.91 Å². The zero-order chi connectivity index (χ0) is 27.6. The lowest BCUT2D eigenvalue weighted by atomic mass is 10.0. The third-order valence-corrected chi connectivity index (χ3v) is 6.80. The number of benzene rings is 4. The summed E-state index contributed by atoms with van der Waals surface area (Å²) in [4.78, 5) is 20.7. The number of rotatable bonds is 7. The maximum atomic E-state index is 12.9. The molecule has 40 heavy (non-hydrogen) atoms. The number of fused-ring (bicyclic) bond motifs is 3. The Morgan fingerprint density at radius 2 is 1.68 bits per heavy atom. The smallest absolute Gasteiger partial charge is 0.287 e. The third-order valence-electron chi connectivity index (χ3n) is 6.80. The van der Waals surface area contributed by atoms with Crippen LogP contribution in [-0.4, -0.2) is 36.3 Å². The van der Waals surface area contributed by atoms with Crippen molar-refractivity contribution in [2.45, 2.75) is 6.92 Å². The zero-order valence-corrected chi connectivity index (χ0v) is 22.3. The molecule has 0 unspecified atom stereocenters. The molecular weight excluding hydrogens is 502 g/mol. The molecule has 2 aromatic heterocycles. The predicted molar refractivity (Wildman–Crippen MR) is 160 cm³/mol. The molecule has 6 aromatic rings. The number of pyridine rings is 1. The maximum Gasteiger partial charge on any atom is 0.287 e. The Balaban J connectivity index is 1.22. The number of hydrogen-bond donors (Lipinski definition) is 3. The van der Waals surface area contributed by atoms with Gasteiger partial charge in [-0.25, -0.2) is 10.4 Å². The fourth-order valence-electron chi connectivity index (χ4n) is 4.91. The quantitative estimate of drug-likeness (QED) is 0.158. The van der Waals surface area contributed by atoms with Gasteiger partial charge in [0.05, 0.1) is 20.4 Å². The molecule has 0 aliphatic carbocycles. The van der Waals surface area contributed by atoms with E-state index in [0.717, 1.165) is 66.7 Å². The van der Waals surface area contributed by atoms with Gasteiger partial charge in [-0.3, -0.25) is 4.79 Å². The molecule has 0 saturated heterocycles. The van der Waals surface area contributed by atoms with E-state index in [2.05, 4.69) is 25.8 Å². The number of methoxy groups -OCH3 is 2. The standard InChI is InChI=1S/C32H27N5O3/c1-19-15-27(25-9-6-10-30(40-3)31(25)34-19)35-22-12-13-26-21(16-22)17-28(36-26)32(38)37-33-18-20-11-14-29(39-2)24-8-5-4-7-23(20)24/h4-18,36H,1-3H3,(H,34,35)(H,37,38)/b33-18+. The van der Waals surface area contributed by atoms with Gasteiger partial charge in [0.2, 0.25) is 0 Å². The summed E-state index contributed by atoms with van der Waals surface area (Å²) in [5, 5.41) is 11.5. The highest BCUT2D eigenvalue weighted by atomic mass is 16.5. The summed E-state index contributed by atoms with van der Waals surface area (Å²) in [6.45, 7) is 1.96. The van der Waals surface area contributed by atoms with E-state index < -0.39 is 0 Å². The Bertz CT molecular complexity index is 1930. The molecular formula is C32H27N5O3. The number of nitrogens with zero attached hydrogens (tertiary/aromatic N) is 2. The summed E-state index contributed by atoms with van der Waals surface area (Å²) in [7, 11) is 3.29. The number of aryl methyl sites for hydroxylation is 1. The van der Waals surface area contributed by atoms with E-state index in [1.54, 1.807) is 20.4 Å². The molecule has 0 bridgehead atoms. The number of ether oxygens (including phenoxy) is 2. The Kier molecular flexibility index (Phi) is 6.49. The molecule has 2 heterocycles. The van der Waals surface area contributed by atoms with Crippen LogP contribution >= 0.6 is 0 Å². The average Bonchev–Trinajstić information content (AvgIpc) is 3.40. The van der Waals surface area contributed by atoms with Gasteiger partial charge in [-0.2, -0.15) is 5.10 Å². The van der Waals surface area contributed by atoms with Crippen LogP contribution < -0.4 is 20.2 Å². The number of nitrogens with one attached hydrogen (secondary N) is 3. The number of aromatic amines is 1. The van der Waals surface area contributed by atoms with Crippen LogP contribution in [0.15, 0.2) is 90.0 Å². The minimum absolute atomic E-state index is 0.331. The van der Waals surface area contributed by atoms with Crippen molar-refractivity contribution in [1.29, 1.82) is 0 Å². The fraction of sp³-hybridized carbons (Fsp3) is 0.0938. The van der Waals surface area contributed by atoms with Crippen molar-refractivity contribution >= 4 is 56.1 Å². The Hall–Kier alpha value is -5.37. The number of hydrogen-bond acceptors (Lipinski definition) is 6. The van der Waals surface area contributed by atoms with Crippen molar-refractivity contribution in [3.63, 3.8) is 0 Å². The van der Waals surface area contributed by atoms with Crippen LogP contribution in [0.5, 0.6) is 11.5 Å². The van der Waals surface area contributed by atoms with Crippen LogP contribution in [0, 0.1) is 6.92 Å². The summed E-state index contributed by atoms with van der Waals surface area (Å²) in [5.41, 5.74) is 8.26. The molecule has 8 nitrogen and oxygen atoms in total. The van der Waals surface area contributed by atoms with Gasteiger partial charge >= 0.3 is 0 Å². The topological polar surface area (TPSA) is 101 Å². The summed E-state index contributed by atoms with van der Waals surface area (Å²) in [6.07, 6.45) is 1.64. The Morgan fingerprint density at radius 1 is 0.875 bits per heavy atom. The van der Waals surface area contributed by atoms with Gasteiger partial charge < -0.3 is 19.8 Å². The number of H-pyrrole nitrogens is 1. The fourth-order valence-corrected chi connectivity index (χ4v) is 4.91. The van der Waals surface area contributed by atoms with Crippen LogP contribution in [0.1, 0.15) is 21.7 Å². The molecule has 0 aliphatic rings. The highest BCUT2D eigenvalue weighted by Crippen LogP contribution is 2.32. The largest absolute Gasteiger partial charge is 0.496 e. The van der Waals surface area contributed by atoms with Gasteiger partial charge in [-0.1, -0.05) is 36.4 Å². The first-order chi connectivity index (χ1) is 19.5. The number of anilines is 2. The number of carbonyl (C=O) groups is 1. The van der Waals surface area contributed by atoms with Crippen molar-refractivity contribution < 1.29 is 14.3 Å². The molecule has 0 atom stereocenters. The van der Waals surface area contributed by atoms with E-state index in [1.807, 2.05) is 91.9 Å². The van der Waals surface area contributed by atoms with Crippen molar-refractivity contribution in [2.75, 3.05) is 19.5 Å².